The van der Waals surface area contributed by atoms with Gasteiger partial charge in [0.2, 0.25) is 5.82 Å². The predicted molar refractivity (Wildman–Crippen MR) is 74.5 cm³/mol. The molecule has 0 aliphatic carbocycles. The molecule has 4 nitrogen and oxygen atoms in total. The van der Waals surface area contributed by atoms with Crippen LogP contribution in [-0.2, 0) is 0 Å². The molecule has 1 heterocycles. The molecule has 3 rings (SSSR count). The third-order valence-corrected chi connectivity index (χ3v) is 3.40. The molecule has 0 bridgehead atoms. The number of aromatic hydroxyl groups is 1. The molecule has 3 aromatic rings. The predicted octanol–water partition coefficient (Wildman–Crippen LogP) is 4.01. The van der Waals surface area contributed by atoms with Gasteiger partial charge >= 0.3 is 0 Å². The SMILES string of the molecule is Oc1cc(-c2nc(-c3ccccc3F)no2)ccc1Br. The molecule has 2 aromatic carbocycles. The molecule has 20 heavy (non-hydrogen) atoms. The molecule has 0 saturated heterocycles. The third kappa shape index (κ3) is 2.30. The molecule has 1 aromatic heterocycles. The summed E-state index contributed by atoms with van der Waals surface area (Å²) in [7, 11) is 0. The van der Waals surface area contributed by atoms with E-state index in [1.807, 2.05) is 0 Å². The van der Waals surface area contributed by atoms with Crippen molar-refractivity contribution in [3.05, 3.63) is 52.8 Å². The van der Waals surface area contributed by atoms with Gasteiger partial charge in [-0.15, -0.1) is 0 Å². The fourth-order valence-electron chi connectivity index (χ4n) is 1.74. The Hall–Kier alpha value is -2.21. The van der Waals surface area contributed by atoms with Crippen molar-refractivity contribution in [2.75, 3.05) is 0 Å². The zero-order valence-corrected chi connectivity index (χ0v) is 11.6. The first-order valence-electron chi connectivity index (χ1n) is 5.72. The molecule has 0 saturated carbocycles. The van der Waals surface area contributed by atoms with Gasteiger partial charge < -0.3 is 9.63 Å². The van der Waals surface area contributed by atoms with E-state index < -0.39 is 5.82 Å². The highest BCUT2D eigenvalue weighted by molar-refractivity contribution is 9.10. The first kappa shape index (κ1) is 12.8. The second-order valence-corrected chi connectivity index (χ2v) is 4.92. The van der Waals surface area contributed by atoms with Crippen molar-refractivity contribution in [1.29, 1.82) is 0 Å². The number of phenols is 1. The maximum absolute atomic E-state index is 13.6. The summed E-state index contributed by atoms with van der Waals surface area (Å²) in [6.07, 6.45) is 0. The summed E-state index contributed by atoms with van der Waals surface area (Å²) in [5.41, 5.74) is 0.824. The van der Waals surface area contributed by atoms with Crippen LogP contribution in [0.1, 0.15) is 0 Å². The fraction of sp³-hybridized carbons (Fsp3) is 0. The van der Waals surface area contributed by atoms with Gasteiger partial charge in [0.05, 0.1) is 10.0 Å². The van der Waals surface area contributed by atoms with E-state index in [2.05, 4.69) is 26.1 Å². The minimum atomic E-state index is -0.418. The molecule has 6 heteroatoms. The van der Waals surface area contributed by atoms with E-state index in [1.165, 1.54) is 12.1 Å². The maximum atomic E-state index is 13.6. The first-order valence-corrected chi connectivity index (χ1v) is 6.52. The van der Waals surface area contributed by atoms with Gasteiger partial charge in [-0.05, 0) is 46.3 Å². The van der Waals surface area contributed by atoms with Crippen LogP contribution in [0.4, 0.5) is 4.39 Å². The number of hydrogen-bond donors (Lipinski definition) is 1. The largest absolute Gasteiger partial charge is 0.507 e. The Morgan fingerprint density at radius 3 is 2.70 bits per heavy atom. The van der Waals surface area contributed by atoms with Gasteiger partial charge in [-0.2, -0.15) is 4.98 Å². The summed E-state index contributed by atoms with van der Waals surface area (Å²) in [6.45, 7) is 0. The van der Waals surface area contributed by atoms with Crippen LogP contribution in [0.2, 0.25) is 0 Å². The van der Waals surface area contributed by atoms with Crippen molar-refractivity contribution in [2.45, 2.75) is 0 Å². The van der Waals surface area contributed by atoms with Crippen molar-refractivity contribution in [3.63, 3.8) is 0 Å². The van der Waals surface area contributed by atoms with E-state index in [-0.39, 0.29) is 23.0 Å². The normalized spacial score (nSPS) is 10.7. The lowest BCUT2D eigenvalue weighted by Gasteiger charge is -1.98. The molecule has 0 unspecified atom stereocenters. The van der Waals surface area contributed by atoms with Crippen molar-refractivity contribution in [3.8, 4) is 28.6 Å². The van der Waals surface area contributed by atoms with Gasteiger partial charge in [0, 0.05) is 5.56 Å². The van der Waals surface area contributed by atoms with Crippen LogP contribution in [-0.4, -0.2) is 15.2 Å². The minimum Gasteiger partial charge on any atom is -0.507 e. The van der Waals surface area contributed by atoms with Gasteiger partial charge in [-0.3, -0.25) is 0 Å². The maximum Gasteiger partial charge on any atom is 0.258 e. The van der Waals surface area contributed by atoms with Crippen molar-refractivity contribution in [2.24, 2.45) is 0 Å². The zero-order valence-electron chi connectivity index (χ0n) is 10.0. The number of phenolic OH excluding ortho intramolecular Hbond substituents is 1. The van der Waals surface area contributed by atoms with Crippen LogP contribution in [0.3, 0.4) is 0 Å². The van der Waals surface area contributed by atoms with Gasteiger partial charge in [0.25, 0.3) is 5.89 Å². The lowest BCUT2D eigenvalue weighted by molar-refractivity contribution is 0.431. The molecule has 0 aliphatic rings. The molecule has 0 atom stereocenters. The van der Waals surface area contributed by atoms with Crippen LogP contribution in [0.15, 0.2) is 51.5 Å². The van der Waals surface area contributed by atoms with E-state index >= 15 is 0 Å². The Morgan fingerprint density at radius 2 is 1.95 bits per heavy atom. The van der Waals surface area contributed by atoms with Crippen LogP contribution >= 0.6 is 15.9 Å². The van der Waals surface area contributed by atoms with Crippen molar-refractivity contribution in [1.82, 2.24) is 10.1 Å². The number of halogens is 2. The van der Waals surface area contributed by atoms with E-state index in [9.17, 15) is 9.50 Å². The quantitative estimate of drug-likeness (QED) is 0.769. The first-order chi connectivity index (χ1) is 9.65. The lowest BCUT2D eigenvalue weighted by Crippen LogP contribution is -1.85. The van der Waals surface area contributed by atoms with Crippen LogP contribution < -0.4 is 0 Å². The highest BCUT2D eigenvalue weighted by Crippen LogP contribution is 2.30. The van der Waals surface area contributed by atoms with E-state index in [1.54, 1.807) is 30.3 Å². The second kappa shape index (κ2) is 5.05. The number of hydrogen-bond acceptors (Lipinski definition) is 4. The van der Waals surface area contributed by atoms with E-state index in [0.29, 0.717) is 10.0 Å². The van der Waals surface area contributed by atoms with Crippen LogP contribution in [0.25, 0.3) is 22.8 Å². The average molecular weight is 335 g/mol. The lowest BCUT2D eigenvalue weighted by atomic mass is 10.2. The molecular weight excluding hydrogens is 327 g/mol. The summed E-state index contributed by atoms with van der Waals surface area (Å²) in [5, 5.41) is 13.4. The Labute approximate surface area is 122 Å². The summed E-state index contributed by atoms with van der Waals surface area (Å²) in [4.78, 5) is 4.14. The number of aromatic nitrogens is 2. The van der Waals surface area contributed by atoms with Crippen LogP contribution in [0.5, 0.6) is 5.75 Å². The molecule has 0 amide bonds. The monoisotopic (exact) mass is 334 g/mol. The molecule has 0 aliphatic heterocycles. The van der Waals surface area contributed by atoms with Gasteiger partial charge in [-0.25, -0.2) is 4.39 Å². The Kier molecular flexibility index (Phi) is 3.23. The van der Waals surface area contributed by atoms with Crippen molar-refractivity contribution < 1.29 is 14.0 Å². The zero-order chi connectivity index (χ0) is 14.1. The molecular formula is C14H8BrFN2O2. The fourth-order valence-corrected chi connectivity index (χ4v) is 1.99. The molecule has 0 spiro atoms. The number of nitrogens with zero attached hydrogens (tertiary/aromatic N) is 2. The standard InChI is InChI=1S/C14H8BrFN2O2/c15-10-6-5-8(7-12(10)19)14-17-13(18-20-14)9-3-1-2-4-11(9)16/h1-7,19H. The smallest absolute Gasteiger partial charge is 0.258 e. The topological polar surface area (TPSA) is 59.2 Å². The molecule has 0 fully saturated rings. The highest BCUT2D eigenvalue weighted by Gasteiger charge is 2.14. The number of rotatable bonds is 2. The molecule has 100 valence electrons. The molecule has 1 N–H and O–H groups in total. The van der Waals surface area contributed by atoms with E-state index in [4.69, 9.17) is 4.52 Å². The molecule has 0 radical (unpaired) electrons. The Morgan fingerprint density at radius 1 is 1.15 bits per heavy atom. The number of benzene rings is 2. The Balaban J connectivity index is 2.02. The van der Waals surface area contributed by atoms with E-state index in [0.717, 1.165) is 0 Å². The summed E-state index contributed by atoms with van der Waals surface area (Å²) in [6, 6.07) is 11.1. The Bertz CT molecular complexity index is 773. The average Bonchev–Trinajstić information content (AvgIpc) is 2.92. The second-order valence-electron chi connectivity index (χ2n) is 4.07. The van der Waals surface area contributed by atoms with Crippen LogP contribution in [0, 0.1) is 5.82 Å². The minimum absolute atomic E-state index is 0.0631. The van der Waals surface area contributed by atoms with Gasteiger partial charge in [0.1, 0.15) is 11.6 Å². The third-order valence-electron chi connectivity index (χ3n) is 2.73. The summed E-state index contributed by atoms with van der Waals surface area (Å²) < 4.78 is 19.3. The highest BCUT2D eigenvalue weighted by atomic mass is 79.9. The van der Waals surface area contributed by atoms with Gasteiger partial charge in [-0.1, -0.05) is 17.3 Å². The summed E-state index contributed by atoms with van der Waals surface area (Å²) in [5.74, 6) is 0.0261. The summed E-state index contributed by atoms with van der Waals surface area (Å²) >= 11 is 3.19. The van der Waals surface area contributed by atoms with Crippen molar-refractivity contribution >= 4 is 15.9 Å². The van der Waals surface area contributed by atoms with Gasteiger partial charge in [0.15, 0.2) is 0 Å².